The Hall–Kier alpha value is -4.04. The Morgan fingerprint density at radius 1 is 0.949 bits per heavy atom. The van der Waals surface area contributed by atoms with Crippen molar-refractivity contribution in [2.75, 3.05) is 11.1 Å². The number of fused-ring (bicyclic) bond motifs is 1. The third-order valence-electron chi connectivity index (χ3n) is 6.45. The molecular formula is C31H32N4O3S. The minimum absolute atomic E-state index is 0.178. The molecule has 1 N–H and O–H groups in total. The number of nitrogens with one attached hydrogen (secondary N) is 1. The van der Waals surface area contributed by atoms with E-state index in [0.29, 0.717) is 34.7 Å². The van der Waals surface area contributed by atoms with Gasteiger partial charge in [0.1, 0.15) is 25.0 Å². The number of esters is 1. The number of benzene rings is 3. The van der Waals surface area contributed by atoms with E-state index >= 15 is 0 Å². The number of ether oxygens (including phenoxy) is 2. The van der Waals surface area contributed by atoms with E-state index in [0.717, 1.165) is 35.3 Å². The second-order valence-electron chi connectivity index (χ2n) is 9.30. The molecule has 0 fully saturated rings. The molecule has 5 rings (SSSR count). The third-order valence-corrected chi connectivity index (χ3v) is 7.37. The van der Waals surface area contributed by atoms with Crippen LogP contribution in [0, 0.1) is 0 Å². The fraction of sp³-hybridized carbons (Fsp3) is 0.258. The van der Waals surface area contributed by atoms with Crippen LogP contribution in [0.2, 0.25) is 0 Å². The number of rotatable bonds is 11. The van der Waals surface area contributed by atoms with Crippen molar-refractivity contribution in [2.24, 2.45) is 0 Å². The molecule has 3 aromatic carbocycles. The quantitative estimate of drug-likeness (QED) is 0.128. The molecule has 1 aromatic heterocycles. The first-order valence-corrected chi connectivity index (χ1v) is 14.2. The van der Waals surface area contributed by atoms with Gasteiger partial charge in [0.2, 0.25) is 11.1 Å². The minimum Gasteiger partial charge on any atom is -0.489 e. The fourth-order valence-electron chi connectivity index (χ4n) is 4.43. The maximum absolute atomic E-state index is 13.7. The summed E-state index contributed by atoms with van der Waals surface area (Å²) in [7, 11) is 0. The van der Waals surface area contributed by atoms with Crippen LogP contribution in [0.1, 0.15) is 49.4 Å². The molecule has 4 aromatic rings. The predicted molar refractivity (Wildman–Crippen MR) is 154 cm³/mol. The largest absolute Gasteiger partial charge is 0.489 e. The van der Waals surface area contributed by atoms with Crippen molar-refractivity contribution in [2.45, 2.75) is 51.1 Å². The molecular weight excluding hydrogens is 508 g/mol. The number of para-hydroxylation sites is 1. The molecule has 0 spiro atoms. The Morgan fingerprint density at radius 3 is 2.33 bits per heavy atom. The van der Waals surface area contributed by atoms with E-state index in [2.05, 4.69) is 12.2 Å². The van der Waals surface area contributed by atoms with Gasteiger partial charge in [-0.15, -0.1) is 5.10 Å². The topological polar surface area (TPSA) is 78.3 Å². The Labute approximate surface area is 233 Å². The molecule has 0 saturated heterocycles. The SMILES string of the molecule is CCCCSc1nc2n(n1)C(c1ccccc1OCc1ccccc1)C(C(=O)OCc1ccccc1)=C(C)N2. The summed E-state index contributed by atoms with van der Waals surface area (Å²) >= 11 is 1.62. The number of anilines is 1. The molecule has 0 aliphatic carbocycles. The van der Waals surface area contributed by atoms with Crippen molar-refractivity contribution in [3.05, 3.63) is 113 Å². The van der Waals surface area contributed by atoms with Crippen molar-refractivity contribution < 1.29 is 14.3 Å². The number of thioether (sulfide) groups is 1. The van der Waals surface area contributed by atoms with Crippen LogP contribution in [0.5, 0.6) is 5.75 Å². The van der Waals surface area contributed by atoms with E-state index in [9.17, 15) is 4.79 Å². The maximum Gasteiger partial charge on any atom is 0.338 e. The van der Waals surface area contributed by atoms with Crippen molar-refractivity contribution in [3.8, 4) is 5.75 Å². The van der Waals surface area contributed by atoms with Crippen LogP contribution in [0.4, 0.5) is 5.95 Å². The molecule has 39 heavy (non-hydrogen) atoms. The van der Waals surface area contributed by atoms with E-state index < -0.39 is 12.0 Å². The Kier molecular flexibility index (Phi) is 8.63. The van der Waals surface area contributed by atoms with Crippen LogP contribution in [0.15, 0.2) is 101 Å². The van der Waals surface area contributed by atoms with Crippen LogP contribution in [0.25, 0.3) is 0 Å². The number of carbonyl (C=O) groups excluding carboxylic acids is 1. The molecule has 1 aliphatic heterocycles. The standard InChI is InChI=1S/C31H32N4O3S/c1-3-4-19-39-31-33-30-32-22(2)27(29(36)38-21-24-15-9-6-10-16-24)28(35(30)34-31)25-17-11-12-18-26(25)37-20-23-13-7-5-8-14-23/h5-18,28H,3-4,19-21H2,1-2H3,(H,32,33,34). The zero-order valence-corrected chi connectivity index (χ0v) is 23.0. The minimum atomic E-state index is -0.565. The van der Waals surface area contributed by atoms with E-state index in [1.165, 1.54) is 0 Å². The number of nitrogens with zero attached hydrogens (tertiary/aromatic N) is 3. The summed E-state index contributed by atoms with van der Waals surface area (Å²) in [6, 6.07) is 26.9. The molecule has 1 aliphatic rings. The number of carbonyl (C=O) groups is 1. The summed E-state index contributed by atoms with van der Waals surface area (Å²) in [4.78, 5) is 18.4. The lowest BCUT2D eigenvalue weighted by atomic mass is 9.95. The summed E-state index contributed by atoms with van der Waals surface area (Å²) < 4.78 is 13.9. The van der Waals surface area contributed by atoms with Gasteiger partial charge in [0.15, 0.2) is 0 Å². The first kappa shape index (κ1) is 26.6. The molecule has 200 valence electrons. The lowest BCUT2D eigenvalue weighted by molar-refractivity contribution is -0.140. The highest BCUT2D eigenvalue weighted by molar-refractivity contribution is 7.99. The van der Waals surface area contributed by atoms with E-state index in [1.807, 2.05) is 91.9 Å². The van der Waals surface area contributed by atoms with Crippen molar-refractivity contribution in [1.29, 1.82) is 0 Å². The Balaban J connectivity index is 1.50. The van der Waals surface area contributed by atoms with Gasteiger partial charge in [-0.1, -0.05) is 104 Å². The summed E-state index contributed by atoms with van der Waals surface area (Å²) in [5, 5.41) is 8.80. The van der Waals surface area contributed by atoms with E-state index in [1.54, 1.807) is 16.4 Å². The third kappa shape index (κ3) is 6.34. The zero-order valence-electron chi connectivity index (χ0n) is 22.2. The van der Waals surface area contributed by atoms with Gasteiger partial charge in [-0.3, -0.25) is 0 Å². The number of unbranched alkanes of at least 4 members (excludes halogenated alkanes) is 1. The smallest absolute Gasteiger partial charge is 0.338 e. The lowest BCUT2D eigenvalue weighted by Gasteiger charge is -2.29. The summed E-state index contributed by atoms with van der Waals surface area (Å²) in [5.41, 5.74) is 3.96. The normalized spacial score (nSPS) is 14.5. The van der Waals surface area contributed by atoms with E-state index in [-0.39, 0.29) is 6.61 Å². The highest BCUT2D eigenvalue weighted by atomic mass is 32.2. The summed E-state index contributed by atoms with van der Waals surface area (Å²) in [6.45, 7) is 4.62. The van der Waals surface area contributed by atoms with Gasteiger partial charge in [-0.2, -0.15) is 4.98 Å². The maximum atomic E-state index is 13.7. The van der Waals surface area contributed by atoms with Gasteiger partial charge in [-0.25, -0.2) is 9.48 Å². The number of allylic oxidation sites excluding steroid dienone is 1. The molecule has 1 atom stereocenters. The Bertz CT molecular complexity index is 1440. The predicted octanol–water partition coefficient (Wildman–Crippen LogP) is 6.78. The highest BCUT2D eigenvalue weighted by Gasteiger charge is 2.37. The average Bonchev–Trinajstić information content (AvgIpc) is 3.37. The number of hydrogen-bond acceptors (Lipinski definition) is 7. The lowest BCUT2D eigenvalue weighted by Crippen LogP contribution is -2.30. The van der Waals surface area contributed by atoms with Crippen LogP contribution >= 0.6 is 11.8 Å². The first-order chi connectivity index (χ1) is 19.1. The molecule has 0 amide bonds. The monoisotopic (exact) mass is 540 g/mol. The van der Waals surface area contributed by atoms with Gasteiger partial charge in [-0.05, 0) is 30.5 Å². The van der Waals surface area contributed by atoms with E-state index in [4.69, 9.17) is 19.6 Å². The van der Waals surface area contributed by atoms with Crippen molar-refractivity contribution in [3.63, 3.8) is 0 Å². The molecule has 2 heterocycles. The number of hydrogen-bond donors (Lipinski definition) is 1. The van der Waals surface area contributed by atoms with Crippen LogP contribution in [-0.4, -0.2) is 26.5 Å². The number of aromatic nitrogens is 3. The summed E-state index contributed by atoms with van der Waals surface area (Å²) in [6.07, 6.45) is 2.18. The molecule has 1 unspecified atom stereocenters. The molecule has 0 bridgehead atoms. The van der Waals surface area contributed by atoms with Crippen molar-refractivity contribution in [1.82, 2.24) is 14.8 Å². The van der Waals surface area contributed by atoms with Crippen LogP contribution < -0.4 is 10.1 Å². The zero-order chi connectivity index (χ0) is 27.0. The van der Waals surface area contributed by atoms with Gasteiger partial charge in [0.25, 0.3) is 0 Å². The first-order valence-electron chi connectivity index (χ1n) is 13.2. The fourth-order valence-corrected chi connectivity index (χ4v) is 5.34. The van der Waals surface area contributed by atoms with Gasteiger partial charge in [0.05, 0.1) is 5.57 Å². The highest BCUT2D eigenvalue weighted by Crippen LogP contribution is 2.40. The molecule has 0 radical (unpaired) electrons. The van der Waals surface area contributed by atoms with Crippen molar-refractivity contribution >= 4 is 23.7 Å². The average molecular weight is 541 g/mol. The molecule has 8 heteroatoms. The second kappa shape index (κ2) is 12.7. The Morgan fingerprint density at radius 2 is 1.62 bits per heavy atom. The van der Waals surface area contributed by atoms with Crippen LogP contribution in [-0.2, 0) is 22.7 Å². The van der Waals surface area contributed by atoms with Gasteiger partial charge < -0.3 is 14.8 Å². The second-order valence-corrected chi connectivity index (χ2v) is 10.4. The van der Waals surface area contributed by atoms with Gasteiger partial charge in [0, 0.05) is 17.0 Å². The van der Waals surface area contributed by atoms with Crippen LogP contribution in [0.3, 0.4) is 0 Å². The van der Waals surface area contributed by atoms with Gasteiger partial charge >= 0.3 is 5.97 Å². The summed E-state index contributed by atoms with van der Waals surface area (Å²) in [5.74, 6) is 1.79. The molecule has 7 nitrogen and oxygen atoms in total. The molecule has 0 saturated carbocycles.